The quantitative estimate of drug-likeness (QED) is 0.524. The molecule has 2 saturated carbocycles. The number of hydrogen-bond acceptors (Lipinski definition) is 2. The number of rotatable bonds is 6. The molecule has 0 aromatic heterocycles. The van der Waals surface area contributed by atoms with E-state index in [1.807, 2.05) is 14.0 Å². The van der Waals surface area contributed by atoms with E-state index in [4.69, 9.17) is 0 Å². The highest BCUT2D eigenvalue weighted by Crippen LogP contribution is 2.48. The summed E-state index contributed by atoms with van der Waals surface area (Å²) < 4.78 is 13.3. The SMILES string of the molecule is CCS(=O)C1CCCC(NC(=NC)NCC2(c3cccc(Br)c3)CC2)C1. The molecule has 0 radical (unpaired) electrons. The number of halogens is 1. The van der Waals surface area contributed by atoms with Crippen molar-refractivity contribution in [3.63, 3.8) is 0 Å². The van der Waals surface area contributed by atoms with Crippen molar-refractivity contribution in [3.05, 3.63) is 34.3 Å². The molecule has 3 atom stereocenters. The molecular formula is C20H30BrN3OS. The van der Waals surface area contributed by atoms with Gasteiger partial charge < -0.3 is 10.6 Å². The Morgan fingerprint density at radius 3 is 2.85 bits per heavy atom. The van der Waals surface area contributed by atoms with Gasteiger partial charge in [-0.2, -0.15) is 0 Å². The maximum Gasteiger partial charge on any atom is 0.191 e. The Labute approximate surface area is 168 Å². The third-order valence-electron chi connectivity index (χ3n) is 5.73. The van der Waals surface area contributed by atoms with E-state index in [0.29, 0.717) is 11.3 Å². The monoisotopic (exact) mass is 439 g/mol. The van der Waals surface area contributed by atoms with Gasteiger partial charge in [0.25, 0.3) is 0 Å². The summed E-state index contributed by atoms with van der Waals surface area (Å²) in [6.45, 7) is 2.92. The van der Waals surface area contributed by atoms with Crippen molar-refractivity contribution in [2.24, 2.45) is 4.99 Å². The molecule has 0 saturated heterocycles. The van der Waals surface area contributed by atoms with Gasteiger partial charge >= 0.3 is 0 Å². The van der Waals surface area contributed by atoms with E-state index in [1.54, 1.807) is 0 Å². The highest BCUT2D eigenvalue weighted by Gasteiger charge is 2.44. The van der Waals surface area contributed by atoms with Crippen LogP contribution < -0.4 is 10.6 Å². The topological polar surface area (TPSA) is 53.5 Å². The van der Waals surface area contributed by atoms with E-state index in [0.717, 1.165) is 48.4 Å². The Morgan fingerprint density at radius 1 is 1.38 bits per heavy atom. The summed E-state index contributed by atoms with van der Waals surface area (Å²) in [6.07, 6.45) is 6.79. The average Bonchev–Trinajstić information content (AvgIpc) is 3.46. The fourth-order valence-corrected chi connectivity index (χ4v) is 5.68. The first-order chi connectivity index (χ1) is 12.6. The molecule has 2 N–H and O–H groups in total. The van der Waals surface area contributed by atoms with E-state index in [1.165, 1.54) is 18.4 Å². The normalized spacial score (nSPS) is 26.2. The number of guanidine groups is 1. The molecule has 2 fully saturated rings. The third-order valence-corrected chi connectivity index (χ3v) is 7.97. The van der Waals surface area contributed by atoms with Crippen LogP contribution in [-0.4, -0.2) is 40.8 Å². The molecule has 26 heavy (non-hydrogen) atoms. The first-order valence-electron chi connectivity index (χ1n) is 9.67. The van der Waals surface area contributed by atoms with Crippen LogP contribution in [0.5, 0.6) is 0 Å². The smallest absolute Gasteiger partial charge is 0.191 e. The van der Waals surface area contributed by atoms with Gasteiger partial charge in [0, 0.05) is 51.3 Å². The van der Waals surface area contributed by atoms with Gasteiger partial charge in [-0.1, -0.05) is 41.4 Å². The number of benzene rings is 1. The highest BCUT2D eigenvalue weighted by molar-refractivity contribution is 9.10. The minimum Gasteiger partial charge on any atom is -0.356 e. The van der Waals surface area contributed by atoms with Crippen LogP contribution in [0.15, 0.2) is 33.7 Å². The molecular weight excluding hydrogens is 410 g/mol. The van der Waals surface area contributed by atoms with Gasteiger partial charge in [0.05, 0.1) is 0 Å². The third kappa shape index (κ3) is 4.89. The van der Waals surface area contributed by atoms with E-state index in [2.05, 4.69) is 55.8 Å². The minimum absolute atomic E-state index is 0.236. The zero-order chi connectivity index (χ0) is 18.6. The van der Waals surface area contributed by atoms with Crippen molar-refractivity contribution >= 4 is 32.7 Å². The molecule has 1 aromatic carbocycles. The summed E-state index contributed by atoms with van der Waals surface area (Å²) >= 11 is 3.58. The molecule has 0 spiro atoms. The molecule has 0 amide bonds. The van der Waals surface area contributed by atoms with Crippen molar-refractivity contribution in [1.29, 1.82) is 0 Å². The summed E-state index contributed by atoms with van der Waals surface area (Å²) in [5.41, 5.74) is 1.63. The van der Waals surface area contributed by atoms with E-state index in [-0.39, 0.29) is 5.41 Å². The van der Waals surface area contributed by atoms with Crippen LogP contribution in [-0.2, 0) is 16.2 Å². The van der Waals surface area contributed by atoms with Gasteiger partial charge in [-0.3, -0.25) is 9.20 Å². The van der Waals surface area contributed by atoms with Gasteiger partial charge in [0.15, 0.2) is 5.96 Å². The first kappa shape index (κ1) is 19.9. The van der Waals surface area contributed by atoms with Crippen LogP contribution in [0, 0.1) is 0 Å². The summed E-state index contributed by atoms with van der Waals surface area (Å²) in [6, 6.07) is 9.02. The van der Waals surface area contributed by atoms with Crippen LogP contribution in [0.3, 0.4) is 0 Å². The number of aliphatic imine (C=N–C) groups is 1. The lowest BCUT2D eigenvalue weighted by molar-refractivity contribution is 0.413. The lowest BCUT2D eigenvalue weighted by Crippen LogP contribution is -2.48. The lowest BCUT2D eigenvalue weighted by Gasteiger charge is -2.30. The Bertz CT molecular complexity index is 675. The molecule has 2 aliphatic rings. The Hall–Kier alpha value is -0.880. The lowest BCUT2D eigenvalue weighted by atomic mass is 9.95. The zero-order valence-electron chi connectivity index (χ0n) is 15.8. The number of nitrogens with zero attached hydrogens (tertiary/aromatic N) is 1. The van der Waals surface area contributed by atoms with Crippen LogP contribution in [0.1, 0.15) is 51.0 Å². The van der Waals surface area contributed by atoms with Crippen molar-refractivity contribution in [2.45, 2.75) is 62.2 Å². The van der Waals surface area contributed by atoms with Gasteiger partial charge in [0.2, 0.25) is 0 Å². The molecule has 3 rings (SSSR count). The largest absolute Gasteiger partial charge is 0.356 e. The molecule has 1 aromatic rings. The van der Waals surface area contributed by atoms with Crippen molar-refractivity contribution in [1.82, 2.24) is 10.6 Å². The van der Waals surface area contributed by atoms with E-state index >= 15 is 0 Å². The Kier molecular flexibility index (Phi) is 6.78. The van der Waals surface area contributed by atoms with Crippen LogP contribution in [0.4, 0.5) is 0 Å². The van der Waals surface area contributed by atoms with Crippen LogP contribution in [0.25, 0.3) is 0 Å². The fourth-order valence-electron chi connectivity index (χ4n) is 3.93. The van der Waals surface area contributed by atoms with E-state index < -0.39 is 10.8 Å². The molecule has 0 aliphatic heterocycles. The van der Waals surface area contributed by atoms with Crippen molar-refractivity contribution in [3.8, 4) is 0 Å². The summed E-state index contributed by atoms with van der Waals surface area (Å²) in [7, 11) is 1.14. The van der Waals surface area contributed by atoms with Gasteiger partial charge in [0.1, 0.15) is 0 Å². The molecule has 2 aliphatic carbocycles. The molecule has 3 unspecified atom stereocenters. The first-order valence-corrected chi connectivity index (χ1v) is 11.8. The molecule has 144 valence electrons. The fraction of sp³-hybridized carbons (Fsp3) is 0.650. The molecule has 0 bridgehead atoms. The maximum atomic E-state index is 12.2. The predicted octanol–water partition coefficient (Wildman–Crippen LogP) is 3.73. The molecule has 0 heterocycles. The van der Waals surface area contributed by atoms with Crippen LogP contribution in [0.2, 0.25) is 0 Å². The van der Waals surface area contributed by atoms with E-state index in [9.17, 15) is 4.21 Å². The second-order valence-electron chi connectivity index (χ2n) is 7.52. The minimum atomic E-state index is -0.691. The van der Waals surface area contributed by atoms with Crippen molar-refractivity contribution in [2.75, 3.05) is 19.3 Å². The average molecular weight is 440 g/mol. The molecule has 4 nitrogen and oxygen atoms in total. The summed E-state index contributed by atoms with van der Waals surface area (Å²) in [5.74, 6) is 1.64. The van der Waals surface area contributed by atoms with Gasteiger partial charge in [-0.25, -0.2) is 0 Å². The standard InChI is InChI=1S/C20H30BrN3OS/c1-3-26(25)18-9-5-8-17(13-18)24-19(22-2)23-14-20(10-11-20)15-6-4-7-16(21)12-15/h4,6-7,12,17-18H,3,5,8-11,13-14H2,1-2H3,(H2,22,23,24). The van der Waals surface area contributed by atoms with Gasteiger partial charge in [-0.15, -0.1) is 0 Å². The second kappa shape index (κ2) is 8.87. The molecule has 6 heteroatoms. The Morgan fingerprint density at radius 2 is 2.19 bits per heavy atom. The Balaban J connectivity index is 1.55. The zero-order valence-corrected chi connectivity index (χ0v) is 18.2. The number of hydrogen-bond donors (Lipinski definition) is 2. The van der Waals surface area contributed by atoms with Gasteiger partial charge in [-0.05, 0) is 49.8 Å². The second-order valence-corrected chi connectivity index (χ2v) is 10.4. The number of nitrogens with one attached hydrogen (secondary N) is 2. The van der Waals surface area contributed by atoms with Crippen LogP contribution >= 0.6 is 15.9 Å². The summed E-state index contributed by atoms with van der Waals surface area (Å²) in [5, 5.41) is 7.45. The highest BCUT2D eigenvalue weighted by atomic mass is 79.9. The predicted molar refractivity (Wildman–Crippen MR) is 114 cm³/mol. The maximum absolute atomic E-state index is 12.2. The summed E-state index contributed by atoms with van der Waals surface area (Å²) in [4.78, 5) is 4.42. The van der Waals surface area contributed by atoms with Crippen molar-refractivity contribution < 1.29 is 4.21 Å².